The SMILES string of the molecule is CC(C)C1CCCC(CN)(N2CCCC2C)C1. The van der Waals surface area contributed by atoms with Gasteiger partial charge in [-0.1, -0.05) is 26.7 Å². The van der Waals surface area contributed by atoms with Crippen molar-refractivity contribution in [3.8, 4) is 0 Å². The first-order valence-corrected chi connectivity index (χ1v) is 7.56. The molecule has 100 valence electrons. The Morgan fingerprint density at radius 3 is 2.59 bits per heavy atom. The molecule has 2 aliphatic rings. The van der Waals surface area contributed by atoms with Gasteiger partial charge in [0.05, 0.1) is 0 Å². The van der Waals surface area contributed by atoms with E-state index in [0.29, 0.717) is 5.54 Å². The molecular weight excluding hydrogens is 208 g/mol. The molecule has 0 aromatic rings. The van der Waals surface area contributed by atoms with Gasteiger partial charge in [0.1, 0.15) is 0 Å². The standard InChI is InChI=1S/C15H30N2/c1-12(2)14-7-4-8-15(10-14,11-16)17-9-5-6-13(17)3/h12-14H,4-11,16H2,1-3H3. The van der Waals surface area contributed by atoms with E-state index in [1.54, 1.807) is 0 Å². The third kappa shape index (κ3) is 2.53. The summed E-state index contributed by atoms with van der Waals surface area (Å²) in [6.45, 7) is 9.29. The van der Waals surface area contributed by atoms with E-state index in [1.165, 1.54) is 45.1 Å². The van der Waals surface area contributed by atoms with Gasteiger partial charge in [-0.15, -0.1) is 0 Å². The van der Waals surface area contributed by atoms with Crippen LogP contribution in [0.4, 0.5) is 0 Å². The maximum Gasteiger partial charge on any atom is 0.0337 e. The fourth-order valence-electron chi connectivity index (χ4n) is 4.16. The third-order valence-electron chi connectivity index (χ3n) is 5.34. The van der Waals surface area contributed by atoms with Crippen LogP contribution in [0.25, 0.3) is 0 Å². The Hall–Kier alpha value is -0.0800. The lowest BCUT2D eigenvalue weighted by Crippen LogP contribution is -2.57. The van der Waals surface area contributed by atoms with Crippen molar-refractivity contribution < 1.29 is 0 Å². The highest BCUT2D eigenvalue weighted by atomic mass is 15.2. The monoisotopic (exact) mass is 238 g/mol. The summed E-state index contributed by atoms with van der Waals surface area (Å²) in [5, 5.41) is 0. The van der Waals surface area contributed by atoms with Crippen LogP contribution < -0.4 is 5.73 Å². The van der Waals surface area contributed by atoms with Gasteiger partial charge in [0, 0.05) is 18.1 Å². The molecule has 1 saturated heterocycles. The molecule has 17 heavy (non-hydrogen) atoms. The van der Waals surface area contributed by atoms with Crippen LogP contribution in [-0.2, 0) is 0 Å². The smallest absolute Gasteiger partial charge is 0.0337 e. The van der Waals surface area contributed by atoms with E-state index < -0.39 is 0 Å². The zero-order chi connectivity index (χ0) is 12.5. The van der Waals surface area contributed by atoms with Crippen molar-refractivity contribution in [2.75, 3.05) is 13.1 Å². The van der Waals surface area contributed by atoms with Gasteiger partial charge in [0.2, 0.25) is 0 Å². The van der Waals surface area contributed by atoms with Crippen molar-refractivity contribution in [3.63, 3.8) is 0 Å². The fraction of sp³-hybridized carbons (Fsp3) is 1.00. The zero-order valence-corrected chi connectivity index (χ0v) is 11.9. The van der Waals surface area contributed by atoms with Crippen molar-refractivity contribution in [1.29, 1.82) is 0 Å². The Bertz CT molecular complexity index is 251. The van der Waals surface area contributed by atoms with Gasteiger partial charge in [-0.3, -0.25) is 4.90 Å². The number of nitrogens with two attached hydrogens (primary N) is 1. The number of rotatable bonds is 3. The minimum absolute atomic E-state index is 0.336. The van der Waals surface area contributed by atoms with Crippen molar-refractivity contribution in [1.82, 2.24) is 4.90 Å². The Morgan fingerprint density at radius 1 is 1.29 bits per heavy atom. The van der Waals surface area contributed by atoms with Gasteiger partial charge < -0.3 is 5.73 Å². The molecule has 2 nitrogen and oxygen atoms in total. The molecule has 0 radical (unpaired) electrons. The molecule has 1 saturated carbocycles. The van der Waals surface area contributed by atoms with E-state index in [4.69, 9.17) is 5.73 Å². The predicted octanol–water partition coefficient (Wildman–Crippen LogP) is 3.01. The molecular formula is C15H30N2. The predicted molar refractivity (Wildman–Crippen MR) is 74.0 cm³/mol. The maximum atomic E-state index is 6.20. The third-order valence-corrected chi connectivity index (χ3v) is 5.34. The number of likely N-dealkylation sites (tertiary alicyclic amines) is 1. The van der Waals surface area contributed by atoms with Gasteiger partial charge in [-0.25, -0.2) is 0 Å². The minimum atomic E-state index is 0.336. The van der Waals surface area contributed by atoms with E-state index >= 15 is 0 Å². The quantitative estimate of drug-likeness (QED) is 0.819. The molecule has 1 aliphatic heterocycles. The summed E-state index contributed by atoms with van der Waals surface area (Å²) in [6, 6.07) is 0.754. The topological polar surface area (TPSA) is 29.3 Å². The normalized spacial score (nSPS) is 40.1. The number of hydrogen-bond donors (Lipinski definition) is 1. The van der Waals surface area contributed by atoms with Crippen molar-refractivity contribution in [2.45, 2.75) is 70.9 Å². The summed E-state index contributed by atoms with van der Waals surface area (Å²) >= 11 is 0. The molecule has 1 aliphatic carbocycles. The Labute approximate surface area is 107 Å². The second kappa shape index (κ2) is 5.27. The van der Waals surface area contributed by atoms with Gasteiger partial charge >= 0.3 is 0 Å². The Morgan fingerprint density at radius 2 is 2.06 bits per heavy atom. The van der Waals surface area contributed by atoms with Crippen molar-refractivity contribution in [3.05, 3.63) is 0 Å². The molecule has 2 rings (SSSR count). The van der Waals surface area contributed by atoms with Crippen LogP contribution in [0.2, 0.25) is 0 Å². The van der Waals surface area contributed by atoms with Crippen LogP contribution in [0.1, 0.15) is 59.3 Å². The summed E-state index contributed by atoms with van der Waals surface area (Å²) in [5.41, 5.74) is 6.54. The van der Waals surface area contributed by atoms with E-state index in [0.717, 1.165) is 24.4 Å². The van der Waals surface area contributed by atoms with Gasteiger partial charge in [0.25, 0.3) is 0 Å². The Kier molecular flexibility index (Phi) is 4.14. The molecule has 0 spiro atoms. The average Bonchev–Trinajstić information content (AvgIpc) is 2.76. The van der Waals surface area contributed by atoms with Gasteiger partial charge in [0.15, 0.2) is 0 Å². The van der Waals surface area contributed by atoms with Crippen molar-refractivity contribution in [2.24, 2.45) is 17.6 Å². The first-order valence-electron chi connectivity index (χ1n) is 7.56. The highest BCUT2D eigenvalue weighted by Gasteiger charge is 2.43. The molecule has 3 unspecified atom stereocenters. The first-order chi connectivity index (χ1) is 8.09. The summed E-state index contributed by atoms with van der Waals surface area (Å²) in [7, 11) is 0. The lowest BCUT2D eigenvalue weighted by Gasteiger charge is -2.49. The molecule has 2 fully saturated rings. The van der Waals surface area contributed by atoms with E-state index in [9.17, 15) is 0 Å². The molecule has 0 amide bonds. The van der Waals surface area contributed by atoms with Crippen LogP contribution in [0.3, 0.4) is 0 Å². The fourth-order valence-corrected chi connectivity index (χ4v) is 4.16. The van der Waals surface area contributed by atoms with Gasteiger partial charge in [-0.05, 0) is 51.0 Å². The number of nitrogens with zero attached hydrogens (tertiary/aromatic N) is 1. The number of hydrogen-bond acceptors (Lipinski definition) is 2. The first kappa shape index (κ1) is 13.4. The summed E-state index contributed by atoms with van der Waals surface area (Å²) < 4.78 is 0. The van der Waals surface area contributed by atoms with E-state index in [1.807, 2.05) is 0 Å². The summed E-state index contributed by atoms with van der Waals surface area (Å²) in [6.07, 6.45) is 8.21. The van der Waals surface area contributed by atoms with Crippen LogP contribution in [-0.4, -0.2) is 29.6 Å². The zero-order valence-electron chi connectivity index (χ0n) is 11.9. The lowest BCUT2D eigenvalue weighted by atomic mass is 9.70. The van der Waals surface area contributed by atoms with E-state index in [2.05, 4.69) is 25.7 Å². The molecule has 2 heteroatoms. The van der Waals surface area contributed by atoms with Crippen LogP contribution in [0.15, 0.2) is 0 Å². The van der Waals surface area contributed by atoms with Crippen LogP contribution in [0.5, 0.6) is 0 Å². The molecule has 0 bridgehead atoms. The largest absolute Gasteiger partial charge is 0.329 e. The highest BCUT2D eigenvalue weighted by Crippen LogP contribution is 2.42. The van der Waals surface area contributed by atoms with E-state index in [-0.39, 0.29) is 0 Å². The molecule has 1 heterocycles. The van der Waals surface area contributed by atoms with Crippen LogP contribution >= 0.6 is 0 Å². The molecule has 3 atom stereocenters. The molecule has 0 aromatic heterocycles. The van der Waals surface area contributed by atoms with Crippen LogP contribution in [0, 0.1) is 11.8 Å². The lowest BCUT2D eigenvalue weighted by molar-refractivity contribution is 0.0207. The summed E-state index contributed by atoms with van der Waals surface area (Å²) in [4.78, 5) is 2.75. The average molecular weight is 238 g/mol. The molecule has 2 N–H and O–H groups in total. The second-order valence-corrected chi connectivity index (χ2v) is 6.71. The maximum absolute atomic E-state index is 6.20. The molecule has 0 aromatic carbocycles. The minimum Gasteiger partial charge on any atom is -0.329 e. The van der Waals surface area contributed by atoms with Crippen molar-refractivity contribution >= 4 is 0 Å². The Balaban J connectivity index is 2.12. The van der Waals surface area contributed by atoms with Gasteiger partial charge in [-0.2, -0.15) is 0 Å². The summed E-state index contributed by atoms with van der Waals surface area (Å²) in [5.74, 6) is 1.71. The highest BCUT2D eigenvalue weighted by molar-refractivity contribution is 5.00. The second-order valence-electron chi connectivity index (χ2n) is 6.71.